The molecule has 0 aromatic carbocycles. The highest BCUT2D eigenvalue weighted by molar-refractivity contribution is 5.99. The summed E-state index contributed by atoms with van der Waals surface area (Å²) in [4.78, 5) is 24.1. The Bertz CT molecular complexity index is 245. The van der Waals surface area contributed by atoms with Crippen molar-refractivity contribution in [2.24, 2.45) is 11.8 Å². The summed E-state index contributed by atoms with van der Waals surface area (Å²) in [7, 11) is 0. The molecular formula is C10H16N2O2. The van der Waals surface area contributed by atoms with Crippen LogP contribution < -0.4 is 5.32 Å². The van der Waals surface area contributed by atoms with E-state index in [0.717, 1.165) is 12.5 Å². The summed E-state index contributed by atoms with van der Waals surface area (Å²) < 4.78 is 0. The van der Waals surface area contributed by atoms with Gasteiger partial charge in [-0.05, 0) is 24.7 Å². The van der Waals surface area contributed by atoms with E-state index in [2.05, 4.69) is 12.2 Å². The zero-order valence-corrected chi connectivity index (χ0v) is 8.45. The monoisotopic (exact) mass is 196 g/mol. The molecule has 1 unspecified atom stereocenters. The SMILES string of the molecule is CC(CN1CC(=O)NC(=O)C1)C1CC1. The van der Waals surface area contributed by atoms with Crippen molar-refractivity contribution in [1.29, 1.82) is 0 Å². The van der Waals surface area contributed by atoms with Crippen molar-refractivity contribution in [1.82, 2.24) is 10.2 Å². The van der Waals surface area contributed by atoms with E-state index in [1.165, 1.54) is 12.8 Å². The third kappa shape index (κ3) is 2.32. The van der Waals surface area contributed by atoms with E-state index in [1.54, 1.807) is 0 Å². The zero-order chi connectivity index (χ0) is 10.1. The van der Waals surface area contributed by atoms with E-state index < -0.39 is 0 Å². The summed E-state index contributed by atoms with van der Waals surface area (Å²) in [5.41, 5.74) is 0. The third-order valence-corrected chi connectivity index (χ3v) is 2.99. The molecule has 2 rings (SSSR count). The third-order valence-electron chi connectivity index (χ3n) is 2.99. The van der Waals surface area contributed by atoms with E-state index in [0.29, 0.717) is 19.0 Å². The number of nitrogens with zero attached hydrogens (tertiary/aromatic N) is 1. The maximum Gasteiger partial charge on any atom is 0.240 e. The molecule has 1 aliphatic heterocycles. The van der Waals surface area contributed by atoms with E-state index in [1.807, 2.05) is 4.90 Å². The normalized spacial score (nSPS) is 26.1. The van der Waals surface area contributed by atoms with Crippen molar-refractivity contribution in [3.63, 3.8) is 0 Å². The van der Waals surface area contributed by atoms with Crippen molar-refractivity contribution in [3.05, 3.63) is 0 Å². The summed E-state index contributed by atoms with van der Waals surface area (Å²) >= 11 is 0. The molecule has 4 heteroatoms. The molecule has 0 bridgehead atoms. The van der Waals surface area contributed by atoms with Gasteiger partial charge in [-0.3, -0.25) is 19.8 Å². The van der Waals surface area contributed by atoms with E-state index >= 15 is 0 Å². The van der Waals surface area contributed by atoms with Crippen LogP contribution in [-0.2, 0) is 9.59 Å². The highest BCUT2D eigenvalue weighted by atomic mass is 16.2. The smallest absolute Gasteiger partial charge is 0.240 e. The van der Waals surface area contributed by atoms with Gasteiger partial charge in [0.25, 0.3) is 0 Å². The largest absolute Gasteiger partial charge is 0.294 e. The number of carbonyl (C=O) groups is 2. The Morgan fingerprint density at radius 2 is 1.93 bits per heavy atom. The molecule has 4 nitrogen and oxygen atoms in total. The molecular weight excluding hydrogens is 180 g/mol. The van der Waals surface area contributed by atoms with Crippen LogP contribution in [0.2, 0.25) is 0 Å². The number of rotatable bonds is 3. The fraction of sp³-hybridized carbons (Fsp3) is 0.800. The molecule has 0 aromatic rings. The lowest BCUT2D eigenvalue weighted by molar-refractivity contribution is -0.136. The Balaban J connectivity index is 1.84. The van der Waals surface area contributed by atoms with Gasteiger partial charge < -0.3 is 0 Å². The van der Waals surface area contributed by atoms with Crippen LogP contribution in [0, 0.1) is 11.8 Å². The van der Waals surface area contributed by atoms with Crippen LogP contribution in [0.15, 0.2) is 0 Å². The van der Waals surface area contributed by atoms with E-state index in [9.17, 15) is 9.59 Å². The first-order valence-electron chi connectivity index (χ1n) is 5.20. The molecule has 0 spiro atoms. The Morgan fingerprint density at radius 3 is 2.43 bits per heavy atom. The minimum Gasteiger partial charge on any atom is -0.294 e. The summed E-state index contributed by atoms with van der Waals surface area (Å²) in [6, 6.07) is 0. The Labute approximate surface area is 83.6 Å². The van der Waals surface area contributed by atoms with Crippen LogP contribution in [0.5, 0.6) is 0 Å². The summed E-state index contributed by atoms with van der Waals surface area (Å²) in [5, 5.41) is 2.31. The molecule has 1 heterocycles. The first kappa shape index (κ1) is 9.65. The number of hydrogen-bond donors (Lipinski definition) is 1. The topological polar surface area (TPSA) is 49.4 Å². The van der Waals surface area contributed by atoms with Crippen LogP contribution in [0.25, 0.3) is 0 Å². The zero-order valence-electron chi connectivity index (χ0n) is 8.45. The average molecular weight is 196 g/mol. The first-order valence-corrected chi connectivity index (χ1v) is 5.20. The molecule has 14 heavy (non-hydrogen) atoms. The van der Waals surface area contributed by atoms with Crippen molar-refractivity contribution in [3.8, 4) is 0 Å². The van der Waals surface area contributed by atoms with Gasteiger partial charge in [-0.2, -0.15) is 0 Å². The standard InChI is InChI=1S/C10H16N2O2/c1-7(8-2-3-8)4-12-5-9(13)11-10(14)6-12/h7-8H,2-6H2,1H3,(H,11,13,14). The molecule has 2 aliphatic rings. The number of amides is 2. The van der Waals surface area contributed by atoms with E-state index in [4.69, 9.17) is 0 Å². The van der Waals surface area contributed by atoms with Crippen LogP contribution in [-0.4, -0.2) is 36.3 Å². The average Bonchev–Trinajstić information content (AvgIpc) is 2.82. The second-order valence-electron chi connectivity index (χ2n) is 4.46. The summed E-state index contributed by atoms with van der Waals surface area (Å²) in [6.45, 7) is 3.84. The Kier molecular flexibility index (Phi) is 2.54. The van der Waals surface area contributed by atoms with Crippen LogP contribution >= 0.6 is 0 Å². The molecule has 1 atom stereocenters. The van der Waals surface area contributed by atoms with Gasteiger partial charge in [0, 0.05) is 6.54 Å². The second-order valence-corrected chi connectivity index (χ2v) is 4.46. The fourth-order valence-corrected chi connectivity index (χ4v) is 2.05. The minimum absolute atomic E-state index is 0.163. The number of imide groups is 1. The van der Waals surface area contributed by atoms with Gasteiger partial charge in [-0.25, -0.2) is 0 Å². The summed E-state index contributed by atoms with van der Waals surface area (Å²) in [5.74, 6) is 1.12. The molecule has 78 valence electrons. The lowest BCUT2D eigenvalue weighted by Gasteiger charge is -2.27. The number of piperazine rings is 1. The van der Waals surface area contributed by atoms with Gasteiger partial charge in [0.1, 0.15) is 0 Å². The predicted octanol–water partition coefficient (Wildman–Crippen LogP) is -0.00910. The van der Waals surface area contributed by atoms with Crippen LogP contribution in [0.4, 0.5) is 0 Å². The molecule has 0 aromatic heterocycles. The van der Waals surface area contributed by atoms with Crippen molar-refractivity contribution >= 4 is 11.8 Å². The van der Waals surface area contributed by atoms with Gasteiger partial charge in [-0.15, -0.1) is 0 Å². The van der Waals surface area contributed by atoms with Crippen molar-refractivity contribution < 1.29 is 9.59 Å². The maximum absolute atomic E-state index is 11.1. The minimum atomic E-state index is -0.163. The second kappa shape index (κ2) is 3.69. The molecule has 0 radical (unpaired) electrons. The molecule has 2 amide bonds. The highest BCUT2D eigenvalue weighted by Crippen LogP contribution is 2.36. The van der Waals surface area contributed by atoms with Gasteiger partial charge in [-0.1, -0.05) is 6.92 Å². The lowest BCUT2D eigenvalue weighted by Crippen LogP contribution is -2.52. The molecule has 2 fully saturated rings. The van der Waals surface area contributed by atoms with Crippen LogP contribution in [0.1, 0.15) is 19.8 Å². The molecule has 1 saturated heterocycles. The lowest BCUT2D eigenvalue weighted by atomic mass is 10.1. The maximum atomic E-state index is 11.1. The van der Waals surface area contributed by atoms with Crippen molar-refractivity contribution in [2.45, 2.75) is 19.8 Å². The number of carbonyl (C=O) groups excluding carboxylic acids is 2. The van der Waals surface area contributed by atoms with Gasteiger partial charge >= 0.3 is 0 Å². The van der Waals surface area contributed by atoms with Crippen LogP contribution in [0.3, 0.4) is 0 Å². The fourth-order valence-electron chi connectivity index (χ4n) is 2.05. The summed E-state index contributed by atoms with van der Waals surface area (Å²) in [6.07, 6.45) is 2.63. The number of hydrogen-bond acceptors (Lipinski definition) is 3. The quantitative estimate of drug-likeness (QED) is 0.646. The predicted molar refractivity (Wildman–Crippen MR) is 51.5 cm³/mol. The number of nitrogens with one attached hydrogen (secondary N) is 1. The van der Waals surface area contributed by atoms with E-state index in [-0.39, 0.29) is 11.8 Å². The van der Waals surface area contributed by atoms with Gasteiger partial charge in [0.05, 0.1) is 13.1 Å². The first-order chi connectivity index (χ1) is 6.65. The highest BCUT2D eigenvalue weighted by Gasteiger charge is 2.31. The van der Waals surface area contributed by atoms with Gasteiger partial charge in [0.15, 0.2) is 0 Å². The van der Waals surface area contributed by atoms with Gasteiger partial charge in [0.2, 0.25) is 11.8 Å². The molecule has 1 aliphatic carbocycles. The molecule has 1 saturated carbocycles. The Hall–Kier alpha value is -0.900. The Morgan fingerprint density at radius 1 is 1.36 bits per heavy atom. The molecule has 1 N–H and O–H groups in total. The van der Waals surface area contributed by atoms with Crippen molar-refractivity contribution in [2.75, 3.05) is 19.6 Å².